The summed E-state index contributed by atoms with van der Waals surface area (Å²) in [5.74, 6) is 0.285. The number of halogens is 1. The van der Waals surface area contributed by atoms with Gasteiger partial charge in [0.2, 0.25) is 0 Å². The number of ether oxygens (including phenoxy) is 1. The van der Waals surface area contributed by atoms with E-state index in [1.807, 2.05) is 6.07 Å². The molecule has 1 aliphatic rings. The number of aromatic hydroxyl groups is 1. The van der Waals surface area contributed by atoms with Gasteiger partial charge in [0.1, 0.15) is 5.75 Å². The zero-order valence-corrected chi connectivity index (χ0v) is 12.7. The average Bonchev–Trinajstić information content (AvgIpc) is 2.31. The van der Waals surface area contributed by atoms with Crippen LogP contribution < -0.4 is 0 Å². The van der Waals surface area contributed by atoms with E-state index in [-0.39, 0.29) is 23.6 Å². The normalized spacial score (nSPS) is 17.0. The molecule has 1 aliphatic heterocycles. The Hall–Kier alpha value is -0.840. The molecule has 1 N–H and O–H groups in total. The minimum absolute atomic E-state index is 0. The van der Waals surface area contributed by atoms with Crippen LogP contribution in [0.3, 0.4) is 0 Å². The van der Waals surface area contributed by atoms with Crippen molar-refractivity contribution < 1.29 is 9.84 Å². The maximum atomic E-state index is 9.88. The SMILES string of the molecule is CC(C)(C)c1nc(CN2CCOCC2)ccc1O.Cl. The first-order chi connectivity index (χ1) is 8.47. The summed E-state index contributed by atoms with van der Waals surface area (Å²) in [6.07, 6.45) is 0. The van der Waals surface area contributed by atoms with Gasteiger partial charge in [0.15, 0.2) is 0 Å². The van der Waals surface area contributed by atoms with Crippen LogP contribution >= 0.6 is 12.4 Å². The van der Waals surface area contributed by atoms with Gasteiger partial charge in [-0.2, -0.15) is 0 Å². The lowest BCUT2D eigenvalue weighted by Crippen LogP contribution is -2.36. The molecular weight excluding hydrogens is 264 g/mol. The van der Waals surface area contributed by atoms with Gasteiger partial charge in [0.05, 0.1) is 24.6 Å². The fraction of sp³-hybridized carbons (Fsp3) is 0.643. The number of aromatic nitrogens is 1. The van der Waals surface area contributed by atoms with E-state index >= 15 is 0 Å². The van der Waals surface area contributed by atoms with Gasteiger partial charge < -0.3 is 9.84 Å². The van der Waals surface area contributed by atoms with Crippen molar-refractivity contribution in [3.8, 4) is 5.75 Å². The van der Waals surface area contributed by atoms with E-state index in [1.54, 1.807) is 6.07 Å². The molecule has 5 heteroatoms. The van der Waals surface area contributed by atoms with Gasteiger partial charge in [-0.25, -0.2) is 0 Å². The second-order valence-corrected chi connectivity index (χ2v) is 5.81. The predicted molar refractivity (Wildman–Crippen MR) is 77.9 cm³/mol. The van der Waals surface area contributed by atoms with Gasteiger partial charge in [-0.3, -0.25) is 9.88 Å². The lowest BCUT2D eigenvalue weighted by molar-refractivity contribution is 0.0336. The van der Waals surface area contributed by atoms with Crippen molar-refractivity contribution in [2.45, 2.75) is 32.7 Å². The molecule has 0 amide bonds. The van der Waals surface area contributed by atoms with Gasteiger partial charge in [0.25, 0.3) is 0 Å². The van der Waals surface area contributed by atoms with Crippen LogP contribution in [0, 0.1) is 0 Å². The summed E-state index contributed by atoms with van der Waals surface area (Å²) in [4.78, 5) is 6.93. The van der Waals surface area contributed by atoms with Gasteiger partial charge in [-0.1, -0.05) is 20.8 Å². The van der Waals surface area contributed by atoms with E-state index in [9.17, 15) is 5.11 Å². The van der Waals surface area contributed by atoms with Gasteiger partial charge >= 0.3 is 0 Å². The Bertz CT molecular complexity index is 412. The summed E-state index contributed by atoms with van der Waals surface area (Å²) in [5, 5.41) is 9.88. The van der Waals surface area contributed by atoms with Crippen molar-refractivity contribution in [2.24, 2.45) is 0 Å². The highest BCUT2D eigenvalue weighted by atomic mass is 35.5. The van der Waals surface area contributed by atoms with E-state index < -0.39 is 0 Å². The first-order valence-corrected chi connectivity index (χ1v) is 6.46. The Kier molecular flexibility index (Phi) is 5.59. The highest BCUT2D eigenvalue weighted by Gasteiger charge is 2.21. The third kappa shape index (κ3) is 4.34. The van der Waals surface area contributed by atoms with Crippen LogP contribution in [0.1, 0.15) is 32.2 Å². The first-order valence-electron chi connectivity index (χ1n) is 6.46. The number of morpholine rings is 1. The first kappa shape index (κ1) is 16.2. The third-order valence-electron chi connectivity index (χ3n) is 3.13. The molecule has 19 heavy (non-hydrogen) atoms. The lowest BCUT2D eigenvalue weighted by atomic mass is 9.91. The Balaban J connectivity index is 0.00000180. The Morgan fingerprint density at radius 2 is 1.89 bits per heavy atom. The Morgan fingerprint density at radius 3 is 2.47 bits per heavy atom. The predicted octanol–water partition coefficient (Wildman–Crippen LogP) is 2.34. The maximum absolute atomic E-state index is 9.88. The van der Waals surface area contributed by atoms with Crippen LogP contribution in [0.2, 0.25) is 0 Å². The zero-order chi connectivity index (χ0) is 13.2. The van der Waals surface area contributed by atoms with Crippen molar-refractivity contribution >= 4 is 12.4 Å². The molecule has 108 valence electrons. The highest BCUT2D eigenvalue weighted by molar-refractivity contribution is 5.85. The molecule has 0 aromatic carbocycles. The fourth-order valence-corrected chi connectivity index (χ4v) is 2.12. The van der Waals surface area contributed by atoms with E-state index in [0.717, 1.165) is 44.2 Å². The summed E-state index contributed by atoms with van der Waals surface area (Å²) in [5.41, 5.74) is 1.65. The van der Waals surface area contributed by atoms with E-state index in [2.05, 4.69) is 30.7 Å². The number of hydrogen-bond donors (Lipinski definition) is 1. The fourth-order valence-electron chi connectivity index (χ4n) is 2.12. The monoisotopic (exact) mass is 286 g/mol. The minimum Gasteiger partial charge on any atom is -0.506 e. The van der Waals surface area contributed by atoms with E-state index in [0.29, 0.717) is 0 Å². The van der Waals surface area contributed by atoms with Crippen LogP contribution in [0.5, 0.6) is 5.75 Å². The second kappa shape index (κ2) is 6.55. The van der Waals surface area contributed by atoms with E-state index in [4.69, 9.17) is 4.74 Å². The molecule has 0 spiro atoms. The molecule has 1 fully saturated rings. The van der Waals surface area contributed by atoms with Crippen LogP contribution in [0.4, 0.5) is 0 Å². The van der Waals surface area contributed by atoms with Crippen LogP contribution in [0.15, 0.2) is 12.1 Å². The quantitative estimate of drug-likeness (QED) is 0.906. The molecule has 1 aromatic rings. The molecule has 0 bridgehead atoms. The average molecular weight is 287 g/mol. The molecule has 0 radical (unpaired) electrons. The van der Waals surface area contributed by atoms with Gasteiger partial charge in [-0.05, 0) is 12.1 Å². The number of hydrogen-bond acceptors (Lipinski definition) is 4. The largest absolute Gasteiger partial charge is 0.506 e. The molecule has 0 atom stereocenters. The summed E-state index contributed by atoms with van der Waals surface area (Å²) in [7, 11) is 0. The van der Waals surface area contributed by atoms with Crippen LogP contribution in [-0.2, 0) is 16.7 Å². The van der Waals surface area contributed by atoms with Crippen molar-refractivity contribution in [1.29, 1.82) is 0 Å². The molecule has 0 unspecified atom stereocenters. The van der Waals surface area contributed by atoms with Crippen molar-refractivity contribution in [2.75, 3.05) is 26.3 Å². The molecular formula is C14H23ClN2O2. The Morgan fingerprint density at radius 1 is 1.26 bits per heavy atom. The summed E-state index contributed by atoms with van der Waals surface area (Å²) < 4.78 is 5.33. The number of pyridine rings is 1. The van der Waals surface area contributed by atoms with E-state index in [1.165, 1.54) is 0 Å². The molecule has 0 saturated carbocycles. The zero-order valence-electron chi connectivity index (χ0n) is 11.8. The summed E-state index contributed by atoms with van der Waals surface area (Å²) in [6, 6.07) is 3.66. The molecule has 4 nitrogen and oxygen atoms in total. The number of nitrogens with zero attached hydrogens (tertiary/aromatic N) is 2. The van der Waals surface area contributed by atoms with Crippen LogP contribution in [-0.4, -0.2) is 41.3 Å². The second-order valence-electron chi connectivity index (χ2n) is 5.81. The summed E-state index contributed by atoms with van der Waals surface area (Å²) >= 11 is 0. The maximum Gasteiger partial charge on any atom is 0.137 e. The van der Waals surface area contributed by atoms with Crippen molar-refractivity contribution in [1.82, 2.24) is 9.88 Å². The molecule has 2 heterocycles. The van der Waals surface area contributed by atoms with Crippen molar-refractivity contribution in [3.63, 3.8) is 0 Å². The Labute approximate surface area is 121 Å². The summed E-state index contributed by atoms with van der Waals surface area (Å²) in [6.45, 7) is 10.5. The van der Waals surface area contributed by atoms with Crippen LogP contribution in [0.25, 0.3) is 0 Å². The smallest absolute Gasteiger partial charge is 0.137 e. The molecule has 2 rings (SSSR count). The van der Waals surface area contributed by atoms with Gasteiger partial charge in [0, 0.05) is 25.0 Å². The topological polar surface area (TPSA) is 45.6 Å². The standard InChI is InChI=1S/C14H22N2O2.ClH/c1-14(2,3)13-12(17)5-4-11(15-13)10-16-6-8-18-9-7-16;/h4-5,17H,6-10H2,1-3H3;1H. The molecule has 1 aromatic heterocycles. The highest BCUT2D eigenvalue weighted by Crippen LogP contribution is 2.28. The molecule has 1 saturated heterocycles. The minimum atomic E-state index is -0.134. The lowest BCUT2D eigenvalue weighted by Gasteiger charge is -2.27. The molecule has 0 aliphatic carbocycles. The van der Waals surface area contributed by atoms with Crippen molar-refractivity contribution in [3.05, 3.63) is 23.5 Å². The number of rotatable bonds is 2. The third-order valence-corrected chi connectivity index (χ3v) is 3.13. The van der Waals surface area contributed by atoms with Gasteiger partial charge in [-0.15, -0.1) is 12.4 Å².